The van der Waals surface area contributed by atoms with Gasteiger partial charge >= 0.3 is 6.09 Å². The summed E-state index contributed by atoms with van der Waals surface area (Å²) in [6.45, 7) is 9.45. The number of fused-ring (bicyclic) bond motifs is 3. The molecule has 1 aromatic carbocycles. The second kappa shape index (κ2) is 10.6. The number of hydrogen-bond donors (Lipinski definition) is 0. The number of piperidine rings is 1. The molecule has 2 fully saturated rings. The highest BCUT2D eigenvalue weighted by atomic mass is 16.5. The summed E-state index contributed by atoms with van der Waals surface area (Å²) in [5.41, 5.74) is 5.36. The standard InChI is InChI=1S/C30H37N7O3/c1-30(2,3)37(29(38)39-4)23-9-13-35(14-10-23)22-7-5-20(6-8-22)24-17-26-25(18-31-24)32-19-27-33-34-28(36(26)27)21-11-15-40-16-12-21/h5-8,17-19,21,23H,9-16H2,1-4H3. The number of pyridine rings is 1. The van der Waals surface area contributed by atoms with Gasteiger partial charge in [-0.2, -0.15) is 0 Å². The molecule has 0 saturated carbocycles. The van der Waals surface area contributed by atoms with Crippen LogP contribution in [0.2, 0.25) is 0 Å². The highest BCUT2D eigenvalue weighted by Gasteiger charge is 2.36. The third-order valence-corrected chi connectivity index (χ3v) is 8.17. The molecule has 10 nitrogen and oxygen atoms in total. The SMILES string of the molecule is COC(=O)N(C1CCN(c2ccc(-c3cc4c(cn3)ncc3nnc(C5CCOCC5)n34)cc2)CC1)C(C)(C)C. The lowest BCUT2D eigenvalue weighted by molar-refractivity contribution is 0.0492. The summed E-state index contributed by atoms with van der Waals surface area (Å²) in [5, 5.41) is 8.95. The zero-order valence-electron chi connectivity index (χ0n) is 23.7. The van der Waals surface area contributed by atoms with Gasteiger partial charge in [0.2, 0.25) is 0 Å². The Kier molecular flexibility index (Phi) is 7.04. The predicted molar refractivity (Wildman–Crippen MR) is 154 cm³/mol. The number of carbonyl (C=O) groups is 1. The summed E-state index contributed by atoms with van der Waals surface area (Å²) in [4.78, 5) is 26.1. The number of ether oxygens (including phenoxy) is 2. The lowest BCUT2D eigenvalue weighted by Crippen LogP contribution is -2.55. The van der Waals surface area contributed by atoms with Gasteiger partial charge in [0.1, 0.15) is 11.3 Å². The maximum Gasteiger partial charge on any atom is 0.410 e. The summed E-state index contributed by atoms with van der Waals surface area (Å²) >= 11 is 0. The molecule has 10 heteroatoms. The Hall–Kier alpha value is -3.79. The largest absolute Gasteiger partial charge is 0.453 e. The lowest BCUT2D eigenvalue weighted by Gasteiger charge is -2.44. The summed E-state index contributed by atoms with van der Waals surface area (Å²) in [6.07, 6.45) is 7.03. The van der Waals surface area contributed by atoms with Gasteiger partial charge in [-0.25, -0.2) is 9.78 Å². The molecule has 2 aliphatic rings. The normalized spacial score (nSPS) is 17.4. The number of nitrogens with zero attached hydrogens (tertiary/aromatic N) is 7. The fraction of sp³-hybridized carbons (Fsp3) is 0.500. The molecule has 0 spiro atoms. The van der Waals surface area contributed by atoms with E-state index in [1.807, 2.05) is 11.1 Å². The zero-order valence-corrected chi connectivity index (χ0v) is 23.7. The summed E-state index contributed by atoms with van der Waals surface area (Å²) in [5.74, 6) is 1.29. The first-order valence-electron chi connectivity index (χ1n) is 14.1. The fourth-order valence-corrected chi connectivity index (χ4v) is 6.16. The molecular formula is C30H37N7O3. The Balaban J connectivity index is 1.22. The first-order chi connectivity index (χ1) is 19.3. The fourth-order valence-electron chi connectivity index (χ4n) is 6.16. The molecule has 6 rings (SSSR count). The number of benzene rings is 1. The third-order valence-electron chi connectivity index (χ3n) is 8.17. The van der Waals surface area contributed by atoms with Crippen molar-refractivity contribution in [3.05, 3.63) is 48.5 Å². The molecule has 0 atom stereocenters. The molecule has 3 aromatic heterocycles. The molecule has 210 valence electrons. The second-order valence-electron chi connectivity index (χ2n) is 11.7. The van der Waals surface area contributed by atoms with Gasteiger partial charge in [-0.05, 0) is 64.7 Å². The van der Waals surface area contributed by atoms with E-state index in [2.05, 4.69) is 75.6 Å². The van der Waals surface area contributed by atoms with Crippen LogP contribution in [-0.4, -0.2) is 80.6 Å². The molecule has 2 aliphatic heterocycles. The molecule has 0 N–H and O–H groups in total. The molecule has 0 radical (unpaired) electrons. The van der Waals surface area contributed by atoms with E-state index in [1.54, 1.807) is 6.20 Å². The Morgan fingerprint density at radius 1 is 1.00 bits per heavy atom. The lowest BCUT2D eigenvalue weighted by atomic mass is 9.96. The first kappa shape index (κ1) is 26.4. The van der Waals surface area contributed by atoms with Crippen LogP contribution in [0.4, 0.5) is 10.5 Å². The van der Waals surface area contributed by atoms with Gasteiger partial charge < -0.3 is 19.3 Å². The molecule has 5 heterocycles. The van der Waals surface area contributed by atoms with Crippen molar-refractivity contribution in [3.8, 4) is 11.3 Å². The van der Waals surface area contributed by atoms with Crippen molar-refractivity contribution in [2.45, 2.75) is 64.0 Å². The van der Waals surface area contributed by atoms with Gasteiger partial charge in [0.15, 0.2) is 5.65 Å². The van der Waals surface area contributed by atoms with E-state index in [-0.39, 0.29) is 17.7 Å². The average molecular weight is 544 g/mol. The van der Waals surface area contributed by atoms with Crippen LogP contribution in [0.15, 0.2) is 42.7 Å². The molecule has 1 amide bonds. The molecule has 0 bridgehead atoms. The van der Waals surface area contributed by atoms with Crippen LogP contribution >= 0.6 is 0 Å². The molecule has 40 heavy (non-hydrogen) atoms. The molecular weight excluding hydrogens is 506 g/mol. The van der Waals surface area contributed by atoms with Crippen molar-refractivity contribution < 1.29 is 14.3 Å². The van der Waals surface area contributed by atoms with Gasteiger partial charge in [0.25, 0.3) is 0 Å². The third kappa shape index (κ3) is 4.96. The summed E-state index contributed by atoms with van der Waals surface area (Å²) < 4.78 is 12.8. The maximum absolute atomic E-state index is 12.5. The quantitative estimate of drug-likeness (QED) is 0.352. The minimum Gasteiger partial charge on any atom is -0.453 e. The summed E-state index contributed by atoms with van der Waals surface area (Å²) in [6, 6.07) is 10.8. The van der Waals surface area contributed by atoms with Gasteiger partial charge in [0.05, 0.1) is 30.7 Å². The zero-order chi connectivity index (χ0) is 27.9. The highest BCUT2D eigenvalue weighted by molar-refractivity contribution is 5.81. The molecule has 0 unspecified atom stereocenters. The predicted octanol–water partition coefficient (Wildman–Crippen LogP) is 5.07. The van der Waals surface area contributed by atoms with Crippen molar-refractivity contribution >= 4 is 28.5 Å². The van der Waals surface area contributed by atoms with Crippen molar-refractivity contribution in [2.75, 3.05) is 38.3 Å². The Morgan fingerprint density at radius 2 is 1.73 bits per heavy atom. The molecule has 2 saturated heterocycles. The topological polar surface area (TPSA) is 98.0 Å². The van der Waals surface area contributed by atoms with Crippen LogP contribution in [0.5, 0.6) is 0 Å². The van der Waals surface area contributed by atoms with E-state index in [0.717, 1.165) is 85.7 Å². The van der Waals surface area contributed by atoms with E-state index in [4.69, 9.17) is 14.5 Å². The highest BCUT2D eigenvalue weighted by Crippen LogP contribution is 2.31. The first-order valence-corrected chi connectivity index (χ1v) is 14.1. The number of aromatic nitrogens is 5. The van der Waals surface area contributed by atoms with E-state index >= 15 is 0 Å². The summed E-state index contributed by atoms with van der Waals surface area (Å²) in [7, 11) is 1.46. The number of carbonyl (C=O) groups excluding carboxylic acids is 1. The van der Waals surface area contributed by atoms with Crippen LogP contribution in [0.25, 0.3) is 27.9 Å². The van der Waals surface area contributed by atoms with Gasteiger partial charge in [-0.15, -0.1) is 10.2 Å². The van der Waals surface area contributed by atoms with E-state index < -0.39 is 0 Å². The Morgan fingerprint density at radius 3 is 2.40 bits per heavy atom. The van der Waals surface area contributed by atoms with E-state index in [1.165, 1.54) is 12.8 Å². The van der Waals surface area contributed by atoms with Crippen molar-refractivity contribution in [1.82, 2.24) is 29.5 Å². The number of anilines is 1. The number of rotatable bonds is 4. The van der Waals surface area contributed by atoms with Crippen LogP contribution in [-0.2, 0) is 9.47 Å². The van der Waals surface area contributed by atoms with Crippen molar-refractivity contribution in [1.29, 1.82) is 0 Å². The van der Waals surface area contributed by atoms with Gasteiger partial charge in [0, 0.05) is 55.1 Å². The van der Waals surface area contributed by atoms with Crippen LogP contribution < -0.4 is 4.90 Å². The Bertz CT molecular complexity index is 1500. The van der Waals surface area contributed by atoms with Crippen LogP contribution in [0.1, 0.15) is 58.2 Å². The second-order valence-corrected chi connectivity index (χ2v) is 11.7. The number of amides is 1. The monoisotopic (exact) mass is 543 g/mol. The minimum absolute atomic E-state index is 0.166. The van der Waals surface area contributed by atoms with Crippen LogP contribution in [0.3, 0.4) is 0 Å². The average Bonchev–Trinajstić information content (AvgIpc) is 3.42. The Labute approximate surface area is 234 Å². The van der Waals surface area contributed by atoms with E-state index in [0.29, 0.717) is 5.92 Å². The molecule has 4 aromatic rings. The van der Waals surface area contributed by atoms with Crippen molar-refractivity contribution in [3.63, 3.8) is 0 Å². The minimum atomic E-state index is -0.284. The van der Waals surface area contributed by atoms with Gasteiger partial charge in [-0.1, -0.05) is 12.1 Å². The van der Waals surface area contributed by atoms with E-state index in [9.17, 15) is 4.79 Å². The molecule has 0 aliphatic carbocycles. The maximum atomic E-state index is 12.5. The number of methoxy groups -OCH3 is 1. The van der Waals surface area contributed by atoms with Crippen molar-refractivity contribution in [2.24, 2.45) is 0 Å². The number of hydrogen-bond acceptors (Lipinski definition) is 8. The van der Waals surface area contributed by atoms with Crippen LogP contribution in [0, 0.1) is 0 Å². The smallest absolute Gasteiger partial charge is 0.410 e. The van der Waals surface area contributed by atoms with Gasteiger partial charge in [-0.3, -0.25) is 9.38 Å².